The van der Waals surface area contributed by atoms with Crippen LogP contribution in [0.25, 0.3) is 11.4 Å². The standard InChI is InChI=1S/C24H29N5O5S/c1-14(2)22(15-5-8-18-20(11-15)34-10-9-33-18)26-21(30)13-35-24-28-27-23(29(24)25)16-6-7-17(31-3)19(12-16)32-4/h5-8,11-12,14,22H,9-10,13,25H2,1-4H3,(H,26,30). The number of hydrogen-bond donors (Lipinski definition) is 2. The quantitative estimate of drug-likeness (QED) is 0.338. The van der Waals surface area contributed by atoms with Gasteiger partial charge in [-0.2, -0.15) is 0 Å². The van der Waals surface area contributed by atoms with Crippen LogP contribution in [0.2, 0.25) is 0 Å². The van der Waals surface area contributed by atoms with Crippen LogP contribution >= 0.6 is 11.8 Å². The minimum absolute atomic E-state index is 0.134. The monoisotopic (exact) mass is 499 g/mol. The lowest BCUT2D eigenvalue weighted by Gasteiger charge is -2.25. The van der Waals surface area contributed by atoms with Gasteiger partial charge in [-0.15, -0.1) is 10.2 Å². The average molecular weight is 500 g/mol. The van der Waals surface area contributed by atoms with E-state index in [-0.39, 0.29) is 23.6 Å². The van der Waals surface area contributed by atoms with Crippen LogP contribution in [0.3, 0.4) is 0 Å². The first-order valence-electron chi connectivity index (χ1n) is 11.2. The number of nitrogens with zero attached hydrogens (tertiary/aromatic N) is 3. The lowest BCUT2D eigenvalue weighted by Crippen LogP contribution is -2.33. The molecule has 0 saturated heterocycles. The zero-order chi connectivity index (χ0) is 24.9. The fourth-order valence-electron chi connectivity index (χ4n) is 3.78. The molecular formula is C24H29N5O5S. The number of nitrogens with two attached hydrogens (primary N) is 1. The van der Waals surface area contributed by atoms with Crippen molar-refractivity contribution < 1.29 is 23.7 Å². The first-order chi connectivity index (χ1) is 16.9. The van der Waals surface area contributed by atoms with Crippen LogP contribution in [0.1, 0.15) is 25.5 Å². The number of ether oxygens (including phenoxy) is 4. The second-order valence-electron chi connectivity index (χ2n) is 8.23. The highest BCUT2D eigenvalue weighted by Gasteiger charge is 2.22. The van der Waals surface area contributed by atoms with E-state index in [0.29, 0.717) is 47.0 Å². The number of rotatable bonds is 9. The van der Waals surface area contributed by atoms with Crippen molar-refractivity contribution in [1.29, 1.82) is 0 Å². The number of aromatic nitrogens is 3. The summed E-state index contributed by atoms with van der Waals surface area (Å²) >= 11 is 1.21. The predicted octanol–water partition coefficient (Wildman–Crippen LogP) is 3.05. The summed E-state index contributed by atoms with van der Waals surface area (Å²) in [6.07, 6.45) is 0. The molecule has 1 amide bonds. The highest BCUT2D eigenvalue weighted by atomic mass is 32.2. The van der Waals surface area contributed by atoms with Gasteiger partial charge in [0.1, 0.15) is 13.2 Å². The Bertz CT molecular complexity index is 1200. The lowest BCUT2D eigenvalue weighted by molar-refractivity contribution is -0.119. The number of fused-ring (bicyclic) bond motifs is 1. The highest BCUT2D eigenvalue weighted by Crippen LogP contribution is 2.35. The van der Waals surface area contributed by atoms with Gasteiger partial charge in [0.2, 0.25) is 11.1 Å². The summed E-state index contributed by atoms with van der Waals surface area (Å²) in [6, 6.07) is 10.9. The molecular weight excluding hydrogens is 470 g/mol. The summed E-state index contributed by atoms with van der Waals surface area (Å²) < 4.78 is 23.3. The van der Waals surface area contributed by atoms with E-state index in [9.17, 15) is 4.79 Å². The van der Waals surface area contributed by atoms with Crippen LogP contribution in [0.4, 0.5) is 0 Å². The van der Waals surface area contributed by atoms with Gasteiger partial charge in [0.15, 0.2) is 28.8 Å². The number of nitrogens with one attached hydrogen (secondary N) is 1. The summed E-state index contributed by atoms with van der Waals surface area (Å²) in [5.74, 6) is 9.41. The molecule has 0 radical (unpaired) electrons. The minimum atomic E-state index is -0.183. The summed E-state index contributed by atoms with van der Waals surface area (Å²) in [5, 5.41) is 11.9. The molecule has 3 aromatic rings. The predicted molar refractivity (Wildman–Crippen MR) is 133 cm³/mol. The van der Waals surface area contributed by atoms with E-state index < -0.39 is 0 Å². The van der Waals surface area contributed by atoms with E-state index in [1.807, 2.05) is 24.3 Å². The number of nitrogen functional groups attached to an aromatic ring is 1. The fourth-order valence-corrected chi connectivity index (χ4v) is 4.45. The van der Waals surface area contributed by atoms with Gasteiger partial charge in [0.25, 0.3) is 0 Å². The van der Waals surface area contributed by atoms with E-state index in [1.165, 1.54) is 16.4 Å². The molecule has 1 aliphatic rings. The molecule has 0 spiro atoms. The Labute approximate surface area is 208 Å². The Balaban J connectivity index is 1.42. The van der Waals surface area contributed by atoms with E-state index in [0.717, 1.165) is 11.3 Å². The Morgan fingerprint density at radius 2 is 1.83 bits per heavy atom. The topological polar surface area (TPSA) is 123 Å². The molecule has 0 fully saturated rings. The Hall–Kier alpha value is -3.60. The van der Waals surface area contributed by atoms with Crippen molar-refractivity contribution in [3.8, 4) is 34.4 Å². The van der Waals surface area contributed by atoms with Gasteiger partial charge in [0.05, 0.1) is 26.0 Å². The number of methoxy groups -OCH3 is 2. The Morgan fingerprint density at radius 3 is 2.54 bits per heavy atom. The molecule has 1 atom stereocenters. The maximum Gasteiger partial charge on any atom is 0.230 e. The summed E-state index contributed by atoms with van der Waals surface area (Å²) in [4.78, 5) is 12.8. The molecule has 2 aromatic carbocycles. The van der Waals surface area contributed by atoms with Crippen molar-refractivity contribution in [2.24, 2.45) is 5.92 Å². The van der Waals surface area contributed by atoms with Crippen LogP contribution in [-0.2, 0) is 4.79 Å². The second-order valence-corrected chi connectivity index (χ2v) is 9.17. The van der Waals surface area contributed by atoms with Crippen LogP contribution < -0.4 is 30.1 Å². The van der Waals surface area contributed by atoms with Gasteiger partial charge >= 0.3 is 0 Å². The average Bonchev–Trinajstić information content (AvgIpc) is 3.25. The second kappa shape index (κ2) is 10.8. The first kappa shape index (κ1) is 24.5. The summed E-state index contributed by atoms with van der Waals surface area (Å²) in [7, 11) is 3.13. The van der Waals surface area contributed by atoms with Gasteiger partial charge in [-0.25, -0.2) is 4.68 Å². The number of thioether (sulfide) groups is 1. The molecule has 0 bridgehead atoms. The third-order valence-corrected chi connectivity index (χ3v) is 6.49. The smallest absolute Gasteiger partial charge is 0.230 e. The van der Waals surface area contributed by atoms with Crippen molar-refractivity contribution in [3.05, 3.63) is 42.0 Å². The molecule has 3 N–H and O–H groups in total. The molecule has 0 aliphatic carbocycles. The summed E-state index contributed by atoms with van der Waals surface area (Å²) in [5.41, 5.74) is 1.67. The van der Waals surface area contributed by atoms with Crippen LogP contribution in [-0.4, -0.2) is 54.0 Å². The normalized spacial score (nSPS) is 13.4. The molecule has 2 heterocycles. The van der Waals surface area contributed by atoms with E-state index in [1.54, 1.807) is 26.4 Å². The largest absolute Gasteiger partial charge is 0.493 e. The number of amides is 1. The minimum Gasteiger partial charge on any atom is -0.493 e. The van der Waals surface area contributed by atoms with Gasteiger partial charge in [-0.05, 0) is 41.8 Å². The van der Waals surface area contributed by atoms with Crippen LogP contribution in [0.15, 0.2) is 41.6 Å². The van der Waals surface area contributed by atoms with E-state index >= 15 is 0 Å². The van der Waals surface area contributed by atoms with Crippen LogP contribution in [0.5, 0.6) is 23.0 Å². The highest BCUT2D eigenvalue weighted by molar-refractivity contribution is 7.99. The molecule has 35 heavy (non-hydrogen) atoms. The van der Waals surface area contributed by atoms with E-state index in [2.05, 4.69) is 29.4 Å². The number of hydrogen-bond acceptors (Lipinski definition) is 9. The molecule has 1 unspecified atom stereocenters. The maximum absolute atomic E-state index is 12.8. The Kier molecular flexibility index (Phi) is 7.54. The van der Waals surface area contributed by atoms with Gasteiger partial charge in [-0.3, -0.25) is 4.79 Å². The summed E-state index contributed by atoms with van der Waals surface area (Å²) in [6.45, 7) is 5.16. The molecule has 186 valence electrons. The molecule has 1 aromatic heterocycles. The zero-order valence-electron chi connectivity index (χ0n) is 20.1. The third-order valence-electron chi connectivity index (χ3n) is 5.55. The lowest BCUT2D eigenvalue weighted by atomic mass is 9.95. The zero-order valence-corrected chi connectivity index (χ0v) is 20.9. The van der Waals surface area contributed by atoms with Crippen molar-refractivity contribution in [2.45, 2.75) is 25.0 Å². The first-order valence-corrected chi connectivity index (χ1v) is 12.1. The van der Waals surface area contributed by atoms with Gasteiger partial charge in [0, 0.05) is 5.56 Å². The van der Waals surface area contributed by atoms with Crippen molar-refractivity contribution in [1.82, 2.24) is 20.2 Å². The number of benzene rings is 2. The molecule has 10 nitrogen and oxygen atoms in total. The molecule has 0 saturated carbocycles. The maximum atomic E-state index is 12.8. The Morgan fingerprint density at radius 1 is 1.09 bits per heavy atom. The fraction of sp³-hybridized carbons (Fsp3) is 0.375. The third kappa shape index (κ3) is 5.40. The van der Waals surface area contributed by atoms with Crippen molar-refractivity contribution in [3.63, 3.8) is 0 Å². The molecule has 1 aliphatic heterocycles. The number of carbonyl (C=O) groups is 1. The number of carbonyl (C=O) groups excluding carboxylic acids is 1. The molecule has 11 heteroatoms. The van der Waals surface area contributed by atoms with Crippen molar-refractivity contribution >= 4 is 17.7 Å². The van der Waals surface area contributed by atoms with Crippen molar-refractivity contribution in [2.75, 3.05) is 39.0 Å². The van der Waals surface area contributed by atoms with Gasteiger partial charge < -0.3 is 30.1 Å². The van der Waals surface area contributed by atoms with Crippen LogP contribution in [0, 0.1) is 5.92 Å². The van der Waals surface area contributed by atoms with E-state index in [4.69, 9.17) is 24.8 Å². The molecule has 4 rings (SSSR count). The van der Waals surface area contributed by atoms with Gasteiger partial charge in [-0.1, -0.05) is 31.7 Å². The SMILES string of the molecule is COc1ccc(-c2nnc(SCC(=O)NC(c3ccc4c(c3)OCCO4)C(C)C)n2N)cc1OC.